The smallest absolute Gasteiger partial charge is 0.226 e. The molecule has 8 heteroatoms. The van der Waals surface area contributed by atoms with Gasteiger partial charge < -0.3 is 5.73 Å². The van der Waals surface area contributed by atoms with Crippen molar-refractivity contribution in [3.63, 3.8) is 0 Å². The molecule has 2 aromatic rings. The zero-order chi connectivity index (χ0) is 8.72. The molecule has 0 aliphatic carbocycles. The van der Waals surface area contributed by atoms with Crippen molar-refractivity contribution >= 4 is 45.8 Å². The first kappa shape index (κ1) is 7.92. The maximum atomic E-state index is 5.74. The van der Waals surface area contributed by atoms with E-state index in [1.54, 1.807) is 0 Å². The lowest BCUT2D eigenvalue weighted by Gasteiger charge is -1.98. The van der Waals surface area contributed by atoms with Gasteiger partial charge >= 0.3 is 0 Å². The molecule has 2 rings (SSSR count). The quantitative estimate of drug-likeness (QED) is 0.561. The van der Waals surface area contributed by atoms with Gasteiger partial charge in [-0.15, -0.1) is 5.10 Å². The molecule has 0 aliphatic heterocycles. The molecule has 0 saturated carbocycles. The Bertz CT molecular complexity index is 438. The van der Waals surface area contributed by atoms with Gasteiger partial charge in [-0.1, -0.05) is 11.6 Å². The van der Waals surface area contributed by atoms with Gasteiger partial charge in [0, 0.05) is 0 Å². The zero-order valence-electron chi connectivity index (χ0n) is 5.57. The number of tetrazole rings is 1. The summed E-state index contributed by atoms with van der Waals surface area (Å²) >= 11 is 7.74. The Kier molecular flexibility index (Phi) is 1.76. The van der Waals surface area contributed by atoms with Crippen molar-refractivity contribution in [2.75, 3.05) is 5.73 Å². The summed E-state index contributed by atoms with van der Waals surface area (Å²) in [6.45, 7) is 0. The van der Waals surface area contributed by atoms with Crippen LogP contribution in [0.3, 0.4) is 0 Å². The molecule has 6 nitrogen and oxygen atoms in total. The van der Waals surface area contributed by atoms with Crippen molar-refractivity contribution < 1.29 is 0 Å². The van der Waals surface area contributed by atoms with Crippen molar-refractivity contribution in [1.82, 2.24) is 25.0 Å². The number of aromatic nitrogens is 5. The van der Waals surface area contributed by atoms with Crippen LogP contribution in [0.2, 0.25) is 5.15 Å². The second-order valence-electron chi connectivity index (χ2n) is 1.99. The standard InChI is InChI=1S/C4H2ClIN6/c5-2-1(6)3-9-10-11-12(3)4(7)8-2/h(H2,7,8). The maximum Gasteiger partial charge on any atom is 0.226 e. The minimum absolute atomic E-state index is 0.181. The number of fused-ring (bicyclic) bond motifs is 1. The molecule has 0 atom stereocenters. The number of rotatable bonds is 0. The molecule has 2 heterocycles. The Morgan fingerprint density at radius 1 is 1.50 bits per heavy atom. The molecule has 12 heavy (non-hydrogen) atoms. The number of nitrogen functional groups attached to an aromatic ring is 1. The summed E-state index contributed by atoms with van der Waals surface area (Å²) in [6.07, 6.45) is 0. The number of anilines is 1. The van der Waals surface area contributed by atoms with Gasteiger partial charge in [-0.05, 0) is 33.0 Å². The lowest BCUT2D eigenvalue weighted by molar-refractivity contribution is 0.818. The van der Waals surface area contributed by atoms with Gasteiger partial charge in [0.15, 0.2) is 5.65 Å². The Hall–Kier alpha value is -0.700. The topological polar surface area (TPSA) is 82.0 Å². The van der Waals surface area contributed by atoms with Gasteiger partial charge in [-0.2, -0.15) is 9.50 Å². The minimum Gasteiger partial charge on any atom is -0.368 e. The summed E-state index contributed by atoms with van der Waals surface area (Å²) in [5.74, 6) is 0.181. The van der Waals surface area contributed by atoms with E-state index in [0.29, 0.717) is 14.4 Å². The van der Waals surface area contributed by atoms with Gasteiger partial charge in [0.1, 0.15) is 5.15 Å². The van der Waals surface area contributed by atoms with Crippen LogP contribution < -0.4 is 5.73 Å². The summed E-state index contributed by atoms with van der Waals surface area (Å²) in [4.78, 5) is 3.83. The first-order valence-corrected chi connectivity index (χ1v) is 4.34. The molecular weight excluding hydrogens is 294 g/mol. The van der Waals surface area contributed by atoms with E-state index in [4.69, 9.17) is 17.3 Å². The summed E-state index contributed by atoms with van der Waals surface area (Å²) < 4.78 is 2.02. The predicted octanol–water partition coefficient (Wildman–Crippen LogP) is 0.359. The van der Waals surface area contributed by atoms with Crippen LogP contribution in [-0.2, 0) is 0 Å². The highest BCUT2D eigenvalue weighted by Gasteiger charge is 2.10. The number of nitrogens with two attached hydrogens (primary N) is 1. The van der Waals surface area contributed by atoms with Crippen LogP contribution in [0, 0.1) is 3.57 Å². The average Bonchev–Trinajstić information content (AvgIpc) is 2.48. The van der Waals surface area contributed by atoms with E-state index in [1.165, 1.54) is 4.52 Å². The predicted molar refractivity (Wildman–Crippen MR) is 50.7 cm³/mol. The van der Waals surface area contributed by atoms with E-state index < -0.39 is 0 Å². The first-order valence-electron chi connectivity index (χ1n) is 2.88. The van der Waals surface area contributed by atoms with E-state index in [1.807, 2.05) is 22.6 Å². The monoisotopic (exact) mass is 296 g/mol. The van der Waals surface area contributed by atoms with Crippen molar-refractivity contribution in [1.29, 1.82) is 0 Å². The van der Waals surface area contributed by atoms with Crippen LogP contribution in [0.1, 0.15) is 0 Å². The third-order valence-corrected chi connectivity index (χ3v) is 2.86. The van der Waals surface area contributed by atoms with Gasteiger partial charge in [-0.3, -0.25) is 0 Å². The van der Waals surface area contributed by atoms with Crippen molar-refractivity contribution in [2.24, 2.45) is 0 Å². The number of nitrogens with zero attached hydrogens (tertiary/aromatic N) is 5. The third kappa shape index (κ3) is 1.00. The highest BCUT2D eigenvalue weighted by atomic mass is 127. The van der Waals surface area contributed by atoms with Crippen LogP contribution in [0.5, 0.6) is 0 Å². The fourth-order valence-electron chi connectivity index (χ4n) is 0.768. The molecule has 0 amide bonds. The van der Waals surface area contributed by atoms with Gasteiger partial charge in [-0.25, -0.2) is 0 Å². The molecule has 0 spiro atoms. The highest BCUT2D eigenvalue weighted by molar-refractivity contribution is 14.1. The number of hydrogen-bond acceptors (Lipinski definition) is 5. The second kappa shape index (κ2) is 2.66. The molecule has 62 valence electrons. The van der Waals surface area contributed by atoms with E-state index in [2.05, 4.69) is 20.5 Å². The van der Waals surface area contributed by atoms with Gasteiger partial charge in [0.2, 0.25) is 5.95 Å². The highest BCUT2D eigenvalue weighted by Crippen LogP contribution is 2.20. The van der Waals surface area contributed by atoms with Gasteiger partial charge in [0.05, 0.1) is 3.57 Å². The van der Waals surface area contributed by atoms with Crippen LogP contribution in [-0.4, -0.2) is 25.0 Å². The molecule has 0 radical (unpaired) electrons. The normalized spacial score (nSPS) is 10.8. The Labute approximate surface area is 85.2 Å². The molecule has 2 N–H and O–H groups in total. The Morgan fingerprint density at radius 3 is 3.00 bits per heavy atom. The molecule has 0 aromatic carbocycles. The van der Waals surface area contributed by atoms with Gasteiger partial charge in [0.25, 0.3) is 0 Å². The van der Waals surface area contributed by atoms with Crippen molar-refractivity contribution in [3.05, 3.63) is 8.72 Å². The Morgan fingerprint density at radius 2 is 2.25 bits per heavy atom. The van der Waals surface area contributed by atoms with Crippen molar-refractivity contribution in [2.45, 2.75) is 0 Å². The Balaban J connectivity index is 2.97. The van der Waals surface area contributed by atoms with E-state index in [0.717, 1.165) is 0 Å². The molecule has 0 fully saturated rings. The molecule has 0 bridgehead atoms. The summed E-state index contributed by atoms with van der Waals surface area (Å²) in [5.41, 5.74) is 6.01. The maximum absolute atomic E-state index is 5.74. The molecule has 0 aliphatic rings. The van der Waals surface area contributed by atoms with Crippen LogP contribution in [0.15, 0.2) is 0 Å². The number of halogens is 2. The third-order valence-electron chi connectivity index (χ3n) is 1.28. The van der Waals surface area contributed by atoms with E-state index in [-0.39, 0.29) is 5.95 Å². The minimum atomic E-state index is 0.181. The average molecular weight is 296 g/mol. The molecule has 0 unspecified atom stereocenters. The lowest BCUT2D eigenvalue weighted by atomic mass is 10.6. The summed E-state index contributed by atoms with van der Waals surface area (Å²) in [5, 5.41) is 11.1. The lowest BCUT2D eigenvalue weighted by Crippen LogP contribution is -2.03. The van der Waals surface area contributed by atoms with Crippen LogP contribution in [0.4, 0.5) is 5.95 Å². The first-order chi connectivity index (χ1) is 5.70. The second-order valence-corrected chi connectivity index (χ2v) is 3.43. The zero-order valence-corrected chi connectivity index (χ0v) is 8.48. The van der Waals surface area contributed by atoms with E-state index >= 15 is 0 Å². The van der Waals surface area contributed by atoms with E-state index in [9.17, 15) is 0 Å². The summed E-state index contributed by atoms with van der Waals surface area (Å²) in [7, 11) is 0. The molecule has 2 aromatic heterocycles. The largest absolute Gasteiger partial charge is 0.368 e. The fourth-order valence-corrected chi connectivity index (χ4v) is 1.40. The number of hydrogen-bond donors (Lipinski definition) is 1. The molecule has 0 saturated heterocycles. The van der Waals surface area contributed by atoms with Crippen molar-refractivity contribution in [3.8, 4) is 0 Å². The van der Waals surface area contributed by atoms with Crippen LogP contribution in [0.25, 0.3) is 5.65 Å². The SMILES string of the molecule is Nc1nc(Cl)c(I)c2nnnn12. The van der Waals surface area contributed by atoms with Crippen LogP contribution >= 0.6 is 34.2 Å². The summed E-state index contributed by atoms with van der Waals surface area (Å²) in [6, 6.07) is 0. The fraction of sp³-hybridized carbons (Fsp3) is 0. The molecular formula is C4H2ClIN6.